The number of anilines is 1. The summed E-state index contributed by atoms with van der Waals surface area (Å²) in [5.74, 6) is 0.308. The third kappa shape index (κ3) is 4.54. The lowest BCUT2D eigenvalue weighted by Crippen LogP contribution is -2.16. The minimum Gasteiger partial charge on any atom is -0.465 e. The Morgan fingerprint density at radius 2 is 2.03 bits per heavy atom. The molecular formula is C19H22N4O3S3. The Morgan fingerprint density at radius 1 is 1.28 bits per heavy atom. The van der Waals surface area contributed by atoms with Gasteiger partial charge in [0.1, 0.15) is 5.00 Å². The van der Waals surface area contributed by atoms with Gasteiger partial charge in [0, 0.05) is 27.2 Å². The number of carbonyl (C=O) groups excluding carboxylic acids is 2. The van der Waals surface area contributed by atoms with E-state index in [1.165, 1.54) is 40.6 Å². The number of nitrogens with zero attached hydrogens (tertiary/aromatic N) is 3. The summed E-state index contributed by atoms with van der Waals surface area (Å²) in [6.45, 7) is 8.78. The number of ether oxygens (including phenoxy) is 1. The fourth-order valence-electron chi connectivity index (χ4n) is 2.78. The number of amides is 1. The van der Waals surface area contributed by atoms with Gasteiger partial charge in [0.25, 0.3) is 0 Å². The van der Waals surface area contributed by atoms with Gasteiger partial charge in [-0.05, 0) is 39.3 Å². The zero-order valence-corrected chi connectivity index (χ0v) is 19.3. The van der Waals surface area contributed by atoms with Gasteiger partial charge >= 0.3 is 5.97 Å². The van der Waals surface area contributed by atoms with Gasteiger partial charge in [-0.25, -0.2) is 4.79 Å². The summed E-state index contributed by atoms with van der Waals surface area (Å²) in [4.78, 5) is 26.5. The molecule has 3 heterocycles. The van der Waals surface area contributed by atoms with Crippen LogP contribution in [0.5, 0.6) is 0 Å². The van der Waals surface area contributed by atoms with E-state index >= 15 is 0 Å². The van der Waals surface area contributed by atoms with Gasteiger partial charge in [-0.2, -0.15) is 0 Å². The van der Waals surface area contributed by atoms with E-state index in [2.05, 4.69) is 34.7 Å². The molecule has 0 saturated carbocycles. The summed E-state index contributed by atoms with van der Waals surface area (Å²) in [6.07, 6.45) is 0. The number of hydrogen-bond acceptors (Lipinski definition) is 8. The average molecular weight is 451 g/mol. The van der Waals surface area contributed by atoms with Gasteiger partial charge in [0.05, 0.1) is 18.4 Å². The fourth-order valence-corrected chi connectivity index (χ4v) is 5.36. The monoisotopic (exact) mass is 450 g/mol. The highest BCUT2D eigenvalue weighted by molar-refractivity contribution is 7.99. The van der Waals surface area contributed by atoms with Gasteiger partial charge in [-0.3, -0.25) is 4.79 Å². The minimum atomic E-state index is -0.464. The molecule has 154 valence electrons. The summed E-state index contributed by atoms with van der Waals surface area (Å²) in [7, 11) is 1.32. The molecule has 0 spiro atoms. The predicted molar refractivity (Wildman–Crippen MR) is 118 cm³/mol. The molecule has 0 aliphatic rings. The van der Waals surface area contributed by atoms with Crippen LogP contribution in [-0.4, -0.2) is 39.5 Å². The van der Waals surface area contributed by atoms with E-state index in [4.69, 9.17) is 4.74 Å². The molecule has 0 unspecified atom stereocenters. The molecule has 3 aromatic heterocycles. The van der Waals surface area contributed by atoms with Crippen molar-refractivity contribution in [1.82, 2.24) is 14.8 Å². The highest BCUT2D eigenvalue weighted by Crippen LogP contribution is 2.32. The number of thioether (sulfide) groups is 1. The quantitative estimate of drug-likeness (QED) is 0.420. The summed E-state index contributed by atoms with van der Waals surface area (Å²) >= 11 is 4.36. The highest BCUT2D eigenvalue weighted by atomic mass is 32.2. The molecule has 1 amide bonds. The number of aromatic nitrogens is 3. The van der Waals surface area contributed by atoms with Crippen molar-refractivity contribution in [3.63, 3.8) is 0 Å². The first kappa shape index (κ1) is 21.5. The molecular weight excluding hydrogens is 428 g/mol. The van der Waals surface area contributed by atoms with Crippen molar-refractivity contribution in [2.24, 2.45) is 0 Å². The topological polar surface area (TPSA) is 86.1 Å². The second-order valence-corrected chi connectivity index (χ2v) is 9.59. The van der Waals surface area contributed by atoms with Gasteiger partial charge in [0.2, 0.25) is 5.91 Å². The fraction of sp³-hybridized carbons (Fsp3) is 0.368. The number of hydrogen-bond donors (Lipinski definition) is 1. The summed E-state index contributed by atoms with van der Waals surface area (Å²) in [5, 5.41) is 14.7. The van der Waals surface area contributed by atoms with Crippen LogP contribution >= 0.6 is 34.4 Å². The molecule has 0 aliphatic carbocycles. The van der Waals surface area contributed by atoms with Gasteiger partial charge < -0.3 is 14.6 Å². The van der Waals surface area contributed by atoms with Crippen molar-refractivity contribution in [3.05, 3.63) is 32.3 Å². The average Bonchev–Trinajstić information content (AvgIpc) is 3.37. The molecule has 7 nitrogen and oxygen atoms in total. The minimum absolute atomic E-state index is 0.164. The number of esters is 1. The molecule has 3 aromatic rings. The summed E-state index contributed by atoms with van der Waals surface area (Å²) < 4.78 is 6.79. The second-order valence-electron chi connectivity index (χ2n) is 6.31. The van der Waals surface area contributed by atoms with Crippen LogP contribution in [0.25, 0.3) is 11.4 Å². The van der Waals surface area contributed by atoms with E-state index in [-0.39, 0.29) is 11.7 Å². The van der Waals surface area contributed by atoms with Crippen LogP contribution in [0.3, 0.4) is 0 Å². The van der Waals surface area contributed by atoms with Crippen LogP contribution in [-0.2, 0) is 16.1 Å². The molecule has 0 fully saturated rings. The molecule has 0 aliphatic heterocycles. The van der Waals surface area contributed by atoms with E-state index in [9.17, 15) is 9.59 Å². The van der Waals surface area contributed by atoms with Crippen molar-refractivity contribution in [1.29, 1.82) is 0 Å². The maximum Gasteiger partial charge on any atom is 0.340 e. The summed E-state index contributed by atoms with van der Waals surface area (Å²) in [6, 6.07) is 1.71. The van der Waals surface area contributed by atoms with Crippen LogP contribution in [0.1, 0.15) is 32.6 Å². The lowest BCUT2D eigenvalue weighted by atomic mass is 10.1. The zero-order chi connectivity index (χ0) is 21.1. The van der Waals surface area contributed by atoms with Crippen LogP contribution < -0.4 is 5.32 Å². The smallest absolute Gasteiger partial charge is 0.340 e. The van der Waals surface area contributed by atoms with Gasteiger partial charge in [-0.15, -0.1) is 32.9 Å². The van der Waals surface area contributed by atoms with Gasteiger partial charge in [0.15, 0.2) is 11.0 Å². The highest BCUT2D eigenvalue weighted by Gasteiger charge is 2.20. The Balaban J connectivity index is 1.72. The molecule has 0 atom stereocenters. The van der Waals surface area contributed by atoms with E-state index in [0.717, 1.165) is 16.3 Å². The largest absolute Gasteiger partial charge is 0.465 e. The Kier molecular flexibility index (Phi) is 6.76. The standard InChI is InChI=1S/C19H22N4O3S3/c1-6-23-16(14-8-27-12(4)11(14)3)21-22-19(23)28-9-15(24)20-17-13(18(25)26-5)7-10(2)29-17/h7-8H,6,9H2,1-5H3,(H,20,24). The SMILES string of the molecule is CCn1c(SCC(=O)Nc2sc(C)cc2C(=O)OC)nnc1-c1csc(C)c1C. The molecule has 29 heavy (non-hydrogen) atoms. The van der Waals surface area contributed by atoms with Crippen molar-refractivity contribution >= 4 is 51.3 Å². The third-order valence-electron chi connectivity index (χ3n) is 4.41. The maximum absolute atomic E-state index is 12.5. The predicted octanol–water partition coefficient (Wildman–Crippen LogP) is 4.53. The van der Waals surface area contributed by atoms with Crippen LogP contribution in [0, 0.1) is 20.8 Å². The molecule has 0 aromatic carbocycles. The third-order valence-corrected chi connectivity index (χ3v) is 7.35. The van der Waals surface area contributed by atoms with E-state index in [1.807, 2.05) is 18.4 Å². The summed E-state index contributed by atoms with van der Waals surface area (Å²) in [5.41, 5.74) is 2.65. The zero-order valence-electron chi connectivity index (χ0n) is 16.9. The first-order valence-electron chi connectivity index (χ1n) is 8.95. The lowest BCUT2D eigenvalue weighted by molar-refractivity contribution is -0.113. The number of methoxy groups -OCH3 is 1. The number of carbonyl (C=O) groups is 2. The van der Waals surface area contributed by atoms with Crippen LogP contribution in [0.2, 0.25) is 0 Å². The number of aryl methyl sites for hydroxylation is 2. The van der Waals surface area contributed by atoms with Gasteiger partial charge in [-0.1, -0.05) is 11.8 Å². The molecule has 3 rings (SSSR count). The molecule has 0 saturated heterocycles. The normalized spacial score (nSPS) is 10.9. The van der Waals surface area contributed by atoms with Crippen LogP contribution in [0.15, 0.2) is 16.6 Å². The Morgan fingerprint density at radius 3 is 2.66 bits per heavy atom. The molecule has 0 radical (unpaired) electrons. The first-order valence-corrected chi connectivity index (χ1v) is 11.6. The van der Waals surface area contributed by atoms with E-state index in [1.54, 1.807) is 17.4 Å². The maximum atomic E-state index is 12.5. The Hall–Kier alpha value is -2.17. The Labute approximate surface area is 181 Å². The van der Waals surface area contributed by atoms with E-state index in [0.29, 0.717) is 22.3 Å². The molecule has 1 N–H and O–H groups in total. The first-order chi connectivity index (χ1) is 13.8. The van der Waals surface area contributed by atoms with Crippen molar-refractivity contribution in [2.75, 3.05) is 18.2 Å². The second kappa shape index (κ2) is 9.10. The number of rotatable bonds is 7. The number of nitrogens with one attached hydrogen (secondary N) is 1. The Bertz CT molecular complexity index is 1050. The molecule has 10 heteroatoms. The van der Waals surface area contributed by atoms with Crippen molar-refractivity contribution in [3.8, 4) is 11.4 Å². The van der Waals surface area contributed by atoms with Crippen molar-refractivity contribution < 1.29 is 14.3 Å². The number of thiophene rings is 2. The van der Waals surface area contributed by atoms with Crippen LogP contribution in [0.4, 0.5) is 5.00 Å². The van der Waals surface area contributed by atoms with Crippen molar-refractivity contribution in [2.45, 2.75) is 39.4 Å². The van der Waals surface area contributed by atoms with E-state index < -0.39 is 5.97 Å². The molecule has 0 bridgehead atoms. The lowest BCUT2D eigenvalue weighted by Gasteiger charge is -2.08.